The van der Waals surface area contributed by atoms with Crippen LogP contribution in [0.1, 0.15) is 24.0 Å². The molecule has 0 bridgehead atoms. The van der Waals surface area contributed by atoms with E-state index in [2.05, 4.69) is 9.47 Å². The number of hydrogen-bond donors (Lipinski definition) is 0. The van der Waals surface area contributed by atoms with Gasteiger partial charge in [-0.3, -0.25) is 19.2 Å². The fourth-order valence-corrected chi connectivity index (χ4v) is 2.95. The minimum Gasteiger partial charge on any atom is -0.497 e. The molecule has 0 N–H and O–H groups in total. The molecule has 0 fully saturated rings. The van der Waals surface area contributed by atoms with Gasteiger partial charge >= 0.3 is 35.8 Å². The zero-order valence-corrected chi connectivity index (χ0v) is 21.9. The SMILES string of the molecule is COc1ccc(CC(=O)OC(=O)CCOC(=O)/C=C/C(=O)OCCC(=O)OC(=O)Cc2ccc(OC)cc2)cc1. The van der Waals surface area contributed by atoms with E-state index in [4.69, 9.17) is 18.9 Å². The molecule has 0 aliphatic carbocycles. The van der Waals surface area contributed by atoms with Crippen molar-refractivity contribution < 1.29 is 57.2 Å². The predicted octanol–water partition coefficient (Wildman–Crippen LogP) is 2.05. The first-order chi connectivity index (χ1) is 19.2. The molecule has 40 heavy (non-hydrogen) atoms. The average molecular weight is 557 g/mol. The molecule has 0 aromatic heterocycles. The molecule has 12 heteroatoms. The Morgan fingerprint density at radius 3 is 1.23 bits per heavy atom. The van der Waals surface area contributed by atoms with Crippen molar-refractivity contribution in [3.8, 4) is 11.5 Å². The maximum absolute atomic E-state index is 11.8. The normalized spacial score (nSPS) is 10.3. The highest BCUT2D eigenvalue weighted by Gasteiger charge is 2.14. The number of hydrogen-bond acceptors (Lipinski definition) is 12. The number of benzene rings is 2. The van der Waals surface area contributed by atoms with Crippen molar-refractivity contribution in [2.75, 3.05) is 27.4 Å². The fraction of sp³-hybridized carbons (Fsp3) is 0.286. The molecule has 0 atom stereocenters. The molecule has 0 heterocycles. The topological polar surface area (TPSA) is 158 Å². The van der Waals surface area contributed by atoms with Gasteiger partial charge in [-0.2, -0.15) is 0 Å². The summed E-state index contributed by atoms with van der Waals surface area (Å²) in [6, 6.07) is 13.3. The molecule has 12 nitrogen and oxygen atoms in total. The van der Waals surface area contributed by atoms with Crippen LogP contribution in [0.25, 0.3) is 0 Å². The van der Waals surface area contributed by atoms with E-state index in [1.54, 1.807) is 48.5 Å². The van der Waals surface area contributed by atoms with E-state index in [0.29, 0.717) is 22.6 Å². The molecule has 212 valence electrons. The van der Waals surface area contributed by atoms with Crippen LogP contribution in [0, 0.1) is 0 Å². The Morgan fingerprint density at radius 1 is 0.550 bits per heavy atom. The van der Waals surface area contributed by atoms with Crippen LogP contribution >= 0.6 is 0 Å². The van der Waals surface area contributed by atoms with Crippen LogP contribution < -0.4 is 9.47 Å². The minimum absolute atomic E-state index is 0.127. The summed E-state index contributed by atoms with van der Waals surface area (Å²) in [5, 5.41) is 0. The molecule has 0 aliphatic rings. The van der Waals surface area contributed by atoms with Crippen LogP contribution in [0.15, 0.2) is 60.7 Å². The highest BCUT2D eigenvalue weighted by molar-refractivity contribution is 5.92. The average Bonchev–Trinajstić information content (AvgIpc) is 2.92. The van der Waals surface area contributed by atoms with Gasteiger partial charge in [-0.25, -0.2) is 9.59 Å². The number of esters is 6. The second-order valence-corrected chi connectivity index (χ2v) is 7.91. The molecule has 2 rings (SSSR count). The second-order valence-electron chi connectivity index (χ2n) is 7.91. The van der Waals surface area contributed by atoms with Crippen LogP contribution in [0.4, 0.5) is 0 Å². The molecule has 0 amide bonds. The molecule has 0 spiro atoms. The van der Waals surface area contributed by atoms with E-state index in [-0.39, 0.29) is 38.9 Å². The first-order valence-electron chi connectivity index (χ1n) is 11.9. The molecule has 2 aromatic rings. The smallest absolute Gasteiger partial charge is 0.331 e. The van der Waals surface area contributed by atoms with E-state index in [1.165, 1.54) is 14.2 Å². The Balaban J connectivity index is 1.57. The van der Waals surface area contributed by atoms with Crippen LogP contribution in [0.2, 0.25) is 0 Å². The first kappa shape index (κ1) is 31.2. The Bertz CT molecular complexity index is 1120. The lowest BCUT2D eigenvalue weighted by Gasteiger charge is -2.05. The predicted molar refractivity (Wildman–Crippen MR) is 136 cm³/mol. The van der Waals surface area contributed by atoms with Gasteiger partial charge in [0.05, 0.1) is 39.9 Å². The number of carbonyl (C=O) groups excluding carboxylic acids is 6. The number of rotatable bonds is 14. The lowest BCUT2D eigenvalue weighted by Crippen LogP contribution is -2.17. The van der Waals surface area contributed by atoms with E-state index < -0.39 is 35.8 Å². The third-order valence-corrected chi connectivity index (χ3v) is 4.93. The molecule has 2 aromatic carbocycles. The van der Waals surface area contributed by atoms with Gasteiger partial charge in [0.1, 0.15) is 24.7 Å². The van der Waals surface area contributed by atoms with Crippen LogP contribution in [0.5, 0.6) is 11.5 Å². The third kappa shape index (κ3) is 12.5. The number of carbonyl (C=O) groups is 6. The first-order valence-corrected chi connectivity index (χ1v) is 11.9. The second kappa shape index (κ2) is 16.8. The van der Waals surface area contributed by atoms with E-state index in [0.717, 1.165) is 12.2 Å². The monoisotopic (exact) mass is 556 g/mol. The summed E-state index contributed by atoms with van der Waals surface area (Å²) >= 11 is 0. The summed E-state index contributed by atoms with van der Waals surface area (Å²) in [5.41, 5.74) is 1.24. The Morgan fingerprint density at radius 2 is 0.900 bits per heavy atom. The molecule has 0 aliphatic heterocycles. The molecule has 0 radical (unpaired) electrons. The number of methoxy groups -OCH3 is 2. The quantitative estimate of drug-likeness (QED) is 0.145. The highest BCUT2D eigenvalue weighted by Crippen LogP contribution is 2.13. The highest BCUT2D eigenvalue weighted by atomic mass is 16.6. The van der Waals surface area contributed by atoms with Crippen molar-refractivity contribution in [2.24, 2.45) is 0 Å². The molecular weight excluding hydrogens is 528 g/mol. The summed E-state index contributed by atoms with van der Waals surface area (Å²) < 4.78 is 28.9. The lowest BCUT2D eigenvalue weighted by molar-refractivity contribution is -0.162. The maximum Gasteiger partial charge on any atom is 0.331 e. The third-order valence-electron chi connectivity index (χ3n) is 4.93. The van der Waals surface area contributed by atoms with Crippen LogP contribution in [-0.2, 0) is 60.6 Å². The van der Waals surface area contributed by atoms with Crippen molar-refractivity contribution in [3.05, 3.63) is 71.8 Å². The van der Waals surface area contributed by atoms with Crippen LogP contribution in [0.3, 0.4) is 0 Å². The molecule has 0 saturated carbocycles. The Hall–Kier alpha value is -5.00. The Kier molecular flexibility index (Phi) is 13.1. The summed E-state index contributed by atoms with van der Waals surface area (Å²) in [6.45, 7) is -0.771. The summed E-state index contributed by atoms with van der Waals surface area (Å²) in [6.07, 6.45) is 0.518. The molecule has 0 unspecified atom stereocenters. The Labute approximate surface area is 229 Å². The molecule has 0 saturated heterocycles. The van der Waals surface area contributed by atoms with Crippen LogP contribution in [-0.4, -0.2) is 63.2 Å². The van der Waals surface area contributed by atoms with E-state index in [1.807, 2.05) is 0 Å². The van der Waals surface area contributed by atoms with Gasteiger partial charge in [0.25, 0.3) is 0 Å². The fourth-order valence-electron chi connectivity index (χ4n) is 2.95. The minimum atomic E-state index is -0.946. The van der Waals surface area contributed by atoms with E-state index >= 15 is 0 Å². The van der Waals surface area contributed by atoms with Crippen molar-refractivity contribution >= 4 is 35.8 Å². The summed E-state index contributed by atoms with van der Waals surface area (Å²) in [4.78, 5) is 70.5. The summed E-state index contributed by atoms with van der Waals surface area (Å²) in [7, 11) is 3.02. The van der Waals surface area contributed by atoms with Gasteiger partial charge in [0, 0.05) is 12.2 Å². The van der Waals surface area contributed by atoms with Crippen molar-refractivity contribution in [1.29, 1.82) is 0 Å². The van der Waals surface area contributed by atoms with Gasteiger partial charge in [0.15, 0.2) is 0 Å². The maximum atomic E-state index is 11.8. The summed E-state index contributed by atoms with van der Waals surface area (Å²) in [5.74, 6) is -3.97. The molecular formula is C28H28O12. The van der Waals surface area contributed by atoms with E-state index in [9.17, 15) is 28.8 Å². The van der Waals surface area contributed by atoms with Gasteiger partial charge in [-0.15, -0.1) is 0 Å². The van der Waals surface area contributed by atoms with Crippen molar-refractivity contribution in [3.63, 3.8) is 0 Å². The van der Waals surface area contributed by atoms with Gasteiger partial charge in [0.2, 0.25) is 0 Å². The standard InChI is InChI=1S/C28H28O12/c1-35-21-7-3-19(4-8-21)17-27(33)39-25(31)13-15-37-23(29)11-12-24(30)38-16-14-26(32)40-28(34)18-20-5-9-22(36-2)10-6-20/h3-12H,13-18H2,1-2H3/b12-11+. The van der Waals surface area contributed by atoms with Crippen molar-refractivity contribution in [2.45, 2.75) is 25.7 Å². The lowest BCUT2D eigenvalue weighted by atomic mass is 10.1. The van der Waals surface area contributed by atoms with Gasteiger partial charge < -0.3 is 28.4 Å². The number of ether oxygens (including phenoxy) is 6. The zero-order chi connectivity index (χ0) is 29.3. The van der Waals surface area contributed by atoms with Gasteiger partial charge in [-0.05, 0) is 35.4 Å². The zero-order valence-electron chi connectivity index (χ0n) is 21.9. The van der Waals surface area contributed by atoms with Crippen molar-refractivity contribution in [1.82, 2.24) is 0 Å². The largest absolute Gasteiger partial charge is 0.497 e. The van der Waals surface area contributed by atoms with Gasteiger partial charge in [-0.1, -0.05) is 24.3 Å².